The molecule has 0 amide bonds. The summed E-state index contributed by atoms with van der Waals surface area (Å²) < 4.78 is 5.41. The van der Waals surface area contributed by atoms with Gasteiger partial charge in [-0.15, -0.1) is 0 Å². The van der Waals surface area contributed by atoms with Crippen molar-refractivity contribution in [3.8, 4) is 5.75 Å². The van der Waals surface area contributed by atoms with Crippen molar-refractivity contribution in [2.75, 3.05) is 13.7 Å². The van der Waals surface area contributed by atoms with Crippen LogP contribution in [0.25, 0.3) is 0 Å². The SMILES string of the molecule is COc1ccccc1C(CCO)c1ccccc1. The van der Waals surface area contributed by atoms with Crippen molar-refractivity contribution in [2.45, 2.75) is 12.3 Å². The molecule has 2 aromatic carbocycles. The highest BCUT2D eigenvalue weighted by Crippen LogP contribution is 2.33. The van der Waals surface area contributed by atoms with E-state index in [1.165, 1.54) is 5.56 Å². The molecule has 0 saturated carbocycles. The molecule has 0 aliphatic carbocycles. The molecule has 0 aliphatic heterocycles. The number of ether oxygens (including phenoxy) is 1. The third kappa shape index (κ3) is 2.71. The Hall–Kier alpha value is -1.80. The number of methoxy groups -OCH3 is 1. The summed E-state index contributed by atoms with van der Waals surface area (Å²) >= 11 is 0. The molecule has 18 heavy (non-hydrogen) atoms. The summed E-state index contributed by atoms with van der Waals surface area (Å²) in [7, 11) is 1.68. The van der Waals surface area contributed by atoms with Gasteiger partial charge in [0.05, 0.1) is 7.11 Å². The Balaban J connectivity index is 2.41. The Morgan fingerprint density at radius 1 is 1.00 bits per heavy atom. The highest BCUT2D eigenvalue weighted by molar-refractivity contribution is 5.42. The lowest BCUT2D eigenvalue weighted by Crippen LogP contribution is -2.05. The number of rotatable bonds is 5. The molecular weight excluding hydrogens is 224 g/mol. The average Bonchev–Trinajstić information content (AvgIpc) is 2.46. The van der Waals surface area contributed by atoms with E-state index in [9.17, 15) is 5.11 Å². The molecule has 1 N–H and O–H groups in total. The second-order valence-corrected chi connectivity index (χ2v) is 4.22. The minimum atomic E-state index is 0.164. The van der Waals surface area contributed by atoms with E-state index in [0.717, 1.165) is 11.3 Å². The van der Waals surface area contributed by atoms with Crippen LogP contribution in [0.2, 0.25) is 0 Å². The largest absolute Gasteiger partial charge is 0.496 e. The van der Waals surface area contributed by atoms with Crippen LogP contribution in [0.5, 0.6) is 5.75 Å². The van der Waals surface area contributed by atoms with Crippen LogP contribution in [-0.4, -0.2) is 18.8 Å². The molecule has 2 rings (SSSR count). The Bertz CT molecular complexity index is 479. The fourth-order valence-corrected chi connectivity index (χ4v) is 2.27. The van der Waals surface area contributed by atoms with Gasteiger partial charge in [0.2, 0.25) is 0 Å². The minimum absolute atomic E-state index is 0.164. The third-order valence-electron chi connectivity index (χ3n) is 3.13. The van der Waals surface area contributed by atoms with Crippen LogP contribution in [0.15, 0.2) is 54.6 Å². The number of aliphatic hydroxyl groups is 1. The van der Waals surface area contributed by atoms with E-state index in [1.54, 1.807) is 7.11 Å². The zero-order valence-corrected chi connectivity index (χ0v) is 10.5. The van der Waals surface area contributed by atoms with Gasteiger partial charge in [0.25, 0.3) is 0 Å². The lowest BCUT2D eigenvalue weighted by molar-refractivity contribution is 0.280. The van der Waals surface area contributed by atoms with Crippen LogP contribution in [0.4, 0.5) is 0 Å². The monoisotopic (exact) mass is 242 g/mol. The predicted molar refractivity (Wildman–Crippen MR) is 73.0 cm³/mol. The van der Waals surface area contributed by atoms with Gasteiger partial charge >= 0.3 is 0 Å². The highest BCUT2D eigenvalue weighted by atomic mass is 16.5. The second kappa shape index (κ2) is 6.22. The molecule has 0 radical (unpaired) electrons. The van der Waals surface area contributed by atoms with Crippen LogP contribution < -0.4 is 4.74 Å². The average molecular weight is 242 g/mol. The molecule has 0 bridgehead atoms. The van der Waals surface area contributed by atoms with Crippen LogP contribution in [-0.2, 0) is 0 Å². The summed E-state index contributed by atoms with van der Waals surface area (Å²) in [5.41, 5.74) is 2.33. The van der Waals surface area contributed by atoms with Crippen molar-refractivity contribution in [3.63, 3.8) is 0 Å². The first-order valence-electron chi connectivity index (χ1n) is 6.15. The van der Waals surface area contributed by atoms with Crippen LogP contribution in [0.3, 0.4) is 0 Å². The molecule has 2 aromatic rings. The van der Waals surface area contributed by atoms with Gasteiger partial charge in [0.15, 0.2) is 0 Å². The van der Waals surface area contributed by atoms with Crippen LogP contribution in [0.1, 0.15) is 23.5 Å². The van der Waals surface area contributed by atoms with Gasteiger partial charge in [-0.1, -0.05) is 48.5 Å². The van der Waals surface area contributed by atoms with Gasteiger partial charge < -0.3 is 9.84 Å². The van der Waals surface area contributed by atoms with E-state index in [2.05, 4.69) is 18.2 Å². The summed E-state index contributed by atoms with van der Waals surface area (Å²) in [6.07, 6.45) is 0.699. The molecule has 2 nitrogen and oxygen atoms in total. The smallest absolute Gasteiger partial charge is 0.122 e. The molecule has 0 fully saturated rings. The maximum Gasteiger partial charge on any atom is 0.122 e. The molecular formula is C16H18O2. The Labute approximate surface area is 108 Å². The summed E-state index contributed by atoms with van der Waals surface area (Å²) in [4.78, 5) is 0. The van der Waals surface area contributed by atoms with E-state index >= 15 is 0 Å². The van der Waals surface area contributed by atoms with Gasteiger partial charge in [-0.3, -0.25) is 0 Å². The van der Waals surface area contributed by atoms with Crippen molar-refractivity contribution < 1.29 is 9.84 Å². The van der Waals surface area contributed by atoms with Crippen molar-refractivity contribution >= 4 is 0 Å². The van der Waals surface area contributed by atoms with Gasteiger partial charge in [-0.2, -0.15) is 0 Å². The first kappa shape index (κ1) is 12.7. The summed E-state index contributed by atoms with van der Waals surface area (Å²) in [5, 5.41) is 9.28. The van der Waals surface area contributed by atoms with Crippen molar-refractivity contribution in [1.82, 2.24) is 0 Å². The summed E-state index contributed by atoms with van der Waals surface area (Å²) in [6.45, 7) is 0.164. The fourth-order valence-electron chi connectivity index (χ4n) is 2.27. The van der Waals surface area contributed by atoms with E-state index in [1.807, 2.05) is 36.4 Å². The van der Waals surface area contributed by atoms with Gasteiger partial charge in [0, 0.05) is 18.1 Å². The maximum absolute atomic E-state index is 9.28. The molecule has 94 valence electrons. The van der Waals surface area contributed by atoms with E-state index in [4.69, 9.17) is 4.74 Å². The minimum Gasteiger partial charge on any atom is -0.496 e. The summed E-state index contributed by atoms with van der Waals surface area (Å²) in [5.74, 6) is 1.05. The van der Waals surface area contributed by atoms with E-state index in [0.29, 0.717) is 6.42 Å². The van der Waals surface area contributed by atoms with Crippen LogP contribution >= 0.6 is 0 Å². The van der Waals surface area contributed by atoms with Gasteiger partial charge in [-0.05, 0) is 18.1 Å². The standard InChI is InChI=1S/C16H18O2/c1-18-16-10-6-5-9-15(16)14(11-12-17)13-7-3-2-4-8-13/h2-10,14,17H,11-12H2,1H3. The number of hydrogen-bond acceptors (Lipinski definition) is 2. The number of benzene rings is 2. The molecule has 0 aromatic heterocycles. The quantitative estimate of drug-likeness (QED) is 0.872. The maximum atomic E-state index is 9.28. The molecule has 0 spiro atoms. The molecule has 2 heteroatoms. The van der Waals surface area contributed by atoms with Crippen LogP contribution in [0, 0.1) is 0 Å². The third-order valence-corrected chi connectivity index (χ3v) is 3.13. The number of para-hydroxylation sites is 1. The first-order chi connectivity index (χ1) is 8.86. The Morgan fingerprint density at radius 2 is 1.67 bits per heavy atom. The topological polar surface area (TPSA) is 29.5 Å². The van der Waals surface area contributed by atoms with E-state index in [-0.39, 0.29) is 12.5 Å². The molecule has 1 atom stereocenters. The molecule has 1 unspecified atom stereocenters. The Morgan fingerprint density at radius 3 is 2.33 bits per heavy atom. The van der Waals surface area contributed by atoms with Gasteiger partial charge in [-0.25, -0.2) is 0 Å². The predicted octanol–water partition coefficient (Wildman–Crippen LogP) is 3.21. The molecule has 0 saturated heterocycles. The zero-order chi connectivity index (χ0) is 12.8. The fraction of sp³-hybridized carbons (Fsp3) is 0.250. The Kier molecular flexibility index (Phi) is 4.37. The molecule has 0 aliphatic rings. The normalized spacial score (nSPS) is 12.1. The zero-order valence-electron chi connectivity index (χ0n) is 10.5. The van der Waals surface area contributed by atoms with E-state index < -0.39 is 0 Å². The van der Waals surface area contributed by atoms with Crippen molar-refractivity contribution in [1.29, 1.82) is 0 Å². The van der Waals surface area contributed by atoms with Crippen molar-refractivity contribution in [3.05, 3.63) is 65.7 Å². The lowest BCUT2D eigenvalue weighted by atomic mass is 9.88. The van der Waals surface area contributed by atoms with Crippen molar-refractivity contribution in [2.24, 2.45) is 0 Å². The number of hydrogen-bond donors (Lipinski definition) is 1. The first-order valence-corrected chi connectivity index (χ1v) is 6.15. The second-order valence-electron chi connectivity index (χ2n) is 4.22. The van der Waals surface area contributed by atoms with Gasteiger partial charge in [0.1, 0.15) is 5.75 Å². The lowest BCUT2D eigenvalue weighted by Gasteiger charge is -2.19. The highest BCUT2D eigenvalue weighted by Gasteiger charge is 2.17. The molecule has 0 heterocycles. The number of aliphatic hydroxyl groups excluding tert-OH is 1. The summed E-state index contributed by atoms with van der Waals surface area (Å²) in [6, 6.07) is 18.2.